The molecule has 2 aliphatic rings. The molecular weight excluding hydrogens is 441 g/mol. The van der Waals surface area contributed by atoms with Crippen molar-refractivity contribution in [1.82, 2.24) is 4.90 Å². The quantitative estimate of drug-likeness (QED) is 0.422. The maximum absolute atomic E-state index is 13.3. The highest BCUT2D eigenvalue weighted by Crippen LogP contribution is 2.40. The average Bonchev–Trinajstić information content (AvgIpc) is 3.31. The molecule has 0 aliphatic carbocycles. The van der Waals surface area contributed by atoms with E-state index in [0.717, 1.165) is 17.3 Å². The second-order valence-electron chi connectivity index (χ2n) is 7.14. The minimum atomic E-state index is -0.752. The maximum atomic E-state index is 13.3. The van der Waals surface area contributed by atoms with Crippen molar-refractivity contribution < 1.29 is 23.8 Å². The first-order valence-electron chi connectivity index (χ1n) is 9.37. The Morgan fingerprint density at radius 3 is 2.45 bits per heavy atom. The molecule has 0 radical (unpaired) electrons. The van der Waals surface area contributed by atoms with Crippen molar-refractivity contribution in [2.24, 2.45) is 0 Å². The molecule has 2 aliphatic heterocycles. The Morgan fingerprint density at radius 1 is 1.14 bits per heavy atom. The Bertz CT molecular complexity index is 965. The van der Waals surface area contributed by atoms with Crippen LogP contribution in [0.2, 0.25) is 0 Å². The SMILES string of the molecule is O=C1C(=O)N(CC2CCCO2)C(c2ccc(Br)cc2)/C1=C(/O)c1ccc(F)cc1. The Balaban J connectivity index is 1.81. The number of hydrogen-bond donors (Lipinski definition) is 1. The molecule has 0 bridgehead atoms. The normalized spacial score (nSPS) is 23.7. The lowest BCUT2D eigenvalue weighted by atomic mass is 9.95. The number of aliphatic hydroxyl groups excluding tert-OH is 1. The number of carbonyl (C=O) groups excluding carboxylic acids is 2. The first kappa shape index (κ1) is 19.8. The summed E-state index contributed by atoms with van der Waals surface area (Å²) in [6.45, 7) is 0.901. The Labute approximate surface area is 175 Å². The fourth-order valence-corrected chi connectivity index (χ4v) is 4.10. The number of halogens is 2. The van der Waals surface area contributed by atoms with Crippen LogP contribution in [-0.2, 0) is 14.3 Å². The van der Waals surface area contributed by atoms with E-state index in [4.69, 9.17) is 4.74 Å². The van der Waals surface area contributed by atoms with E-state index in [2.05, 4.69) is 15.9 Å². The number of ketones is 1. The van der Waals surface area contributed by atoms with E-state index in [1.54, 1.807) is 12.1 Å². The van der Waals surface area contributed by atoms with Gasteiger partial charge in [0, 0.05) is 23.2 Å². The van der Waals surface area contributed by atoms with Crippen molar-refractivity contribution in [3.8, 4) is 0 Å². The number of likely N-dealkylation sites (tertiary alicyclic amines) is 1. The van der Waals surface area contributed by atoms with E-state index in [1.807, 2.05) is 12.1 Å². The molecule has 1 N–H and O–H groups in total. The van der Waals surface area contributed by atoms with Crippen LogP contribution in [0.1, 0.15) is 30.0 Å². The third-order valence-electron chi connectivity index (χ3n) is 5.27. The van der Waals surface area contributed by atoms with Crippen molar-refractivity contribution in [1.29, 1.82) is 0 Å². The molecule has 2 unspecified atom stereocenters. The number of carbonyl (C=O) groups is 2. The molecular formula is C22H19BrFNO4. The van der Waals surface area contributed by atoms with Gasteiger partial charge in [0.25, 0.3) is 11.7 Å². The van der Waals surface area contributed by atoms with Gasteiger partial charge in [0.1, 0.15) is 11.6 Å². The summed E-state index contributed by atoms with van der Waals surface area (Å²) in [5.74, 6) is -2.19. The summed E-state index contributed by atoms with van der Waals surface area (Å²) in [6, 6.07) is 11.7. The van der Waals surface area contributed by atoms with Gasteiger partial charge in [-0.3, -0.25) is 9.59 Å². The third kappa shape index (κ3) is 3.84. The van der Waals surface area contributed by atoms with Crippen molar-refractivity contribution >= 4 is 33.4 Å². The highest BCUT2D eigenvalue weighted by Gasteiger charge is 2.47. The Morgan fingerprint density at radius 2 is 1.83 bits per heavy atom. The van der Waals surface area contributed by atoms with Crippen LogP contribution >= 0.6 is 15.9 Å². The Kier molecular flexibility index (Phi) is 5.52. The summed E-state index contributed by atoms with van der Waals surface area (Å²) in [6.07, 6.45) is 1.58. The van der Waals surface area contributed by atoms with Gasteiger partial charge in [-0.25, -0.2) is 4.39 Å². The molecule has 2 heterocycles. The number of hydrogen-bond acceptors (Lipinski definition) is 4. The van der Waals surface area contributed by atoms with Gasteiger partial charge in [-0.15, -0.1) is 0 Å². The van der Waals surface area contributed by atoms with Gasteiger partial charge >= 0.3 is 0 Å². The second kappa shape index (κ2) is 8.08. The number of amides is 1. The van der Waals surface area contributed by atoms with E-state index in [0.29, 0.717) is 12.2 Å². The average molecular weight is 460 g/mol. The molecule has 7 heteroatoms. The van der Waals surface area contributed by atoms with Crippen molar-refractivity contribution in [3.05, 3.63) is 75.5 Å². The standard InChI is InChI=1S/C22H19BrFNO4/c23-15-7-3-13(4-8-15)19-18(20(26)14-5-9-16(24)10-6-14)21(27)22(28)25(19)12-17-2-1-11-29-17/h3-10,17,19,26H,1-2,11-12H2/b20-18-. The summed E-state index contributed by atoms with van der Waals surface area (Å²) in [5, 5.41) is 10.9. The molecule has 0 aromatic heterocycles. The number of Topliss-reactive ketones (excluding diaryl/α,β-unsaturated/α-hetero) is 1. The van der Waals surface area contributed by atoms with E-state index >= 15 is 0 Å². The molecule has 2 fully saturated rings. The van der Waals surface area contributed by atoms with Gasteiger partial charge in [0.05, 0.1) is 17.7 Å². The summed E-state index contributed by atoms with van der Waals surface area (Å²) in [7, 11) is 0. The van der Waals surface area contributed by atoms with Gasteiger partial charge in [-0.05, 0) is 54.8 Å². The maximum Gasteiger partial charge on any atom is 0.295 e. The highest BCUT2D eigenvalue weighted by molar-refractivity contribution is 9.10. The second-order valence-corrected chi connectivity index (χ2v) is 8.06. The zero-order valence-corrected chi connectivity index (χ0v) is 17.1. The summed E-state index contributed by atoms with van der Waals surface area (Å²) in [4.78, 5) is 27.2. The van der Waals surface area contributed by atoms with Crippen LogP contribution in [0, 0.1) is 5.82 Å². The highest BCUT2D eigenvalue weighted by atomic mass is 79.9. The predicted molar refractivity (Wildman–Crippen MR) is 109 cm³/mol. The molecule has 29 heavy (non-hydrogen) atoms. The van der Waals surface area contributed by atoms with Gasteiger partial charge in [-0.1, -0.05) is 28.1 Å². The molecule has 1 amide bonds. The lowest BCUT2D eigenvalue weighted by Crippen LogP contribution is -2.36. The van der Waals surface area contributed by atoms with E-state index in [9.17, 15) is 19.1 Å². The summed E-state index contributed by atoms with van der Waals surface area (Å²) >= 11 is 3.39. The lowest BCUT2D eigenvalue weighted by Gasteiger charge is -2.27. The van der Waals surface area contributed by atoms with Gasteiger partial charge in [0.2, 0.25) is 0 Å². The van der Waals surface area contributed by atoms with Crippen LogP contribution in [-0.4, -0.2) is 41.0 Å². The predicted octanol–water partition coefficient (Wildman–Crippen LogP) is 4.19. The van der Waals surface area contributed by atoms with Crippen molar-refractivity contribution in [2.45, 2.75) is 25.0 Å². The molecule has 2 atom stereocenters. The zero-order valence-electron chi connectivity index (χ0n) is 15.5. The van der Waals surface area contributed by atoms with E-state index in [1.165, 1.54) is 29.2 Å². The monoisotopic (exact) mass is 459 g/mol. The van der Waals surface area contributed by atoms with Gasteiger partial charge in [-0.2, -0.15) is 0 Å². The molecule has 0 saturated carbocycles. The van der Waals surface area contributed by atoms with Crippen LogP contribution < -0.4 is 0 Å². The molecule has 2 aromatic rings. The van der Waals surface area contributed by atoms with Gasteiger partial charge in [0.15, 0.2) is 0 Å². The number of ether oxygens (including phenoxy) is 1. The molecule has 0 spiro atoms. The van der Waals surface area contributed by atoms with E-state index < -0.39 is 23.5 Å². The number of benzene rings is 2. The Hall–Kier alpha value is -2.51. The third-order valence-corrected chi connectivity index (χ3v) is 5.80. The van der Waals surface area contributed by atoms with Crippen molar-refractivity contribution in [2.75, 3.05) is 13.2 Å². The smallest absolute Gasteiger partial charge is 0.295 e. The minimum absolute atomic E-state index is 0.00178. The topological polar surface area (TPSA) is 66.8 Å². The first-order valence-corrected chi connectivity index (χ1v) is 10.2. The number of rotatable bonds is 4. The van der Waals surface area contributed by atoms with E-state index in [-0.39, 0.29) is 29.5 Å². The molecule has 5 nitrogen and oxygen atoms in total. The summed E-state index contributed by atoms with van der Waals surface area (Å²) < 4.78 is 19.8. The van der Waals surface area contributed by atoms with Crippen LogP contribution in [0.5, 0.6) is 0 Å². The molecule has 2 aromatic carbocycles. The van der Waals surface area contributed by atoms with Crippen LogP contribution in [0.4, 0.5) is 4.39 Å². The van der Waals surface area contributed by atoms with Crippen LogP contribution in [0.3, 0.4) is 0 Å². The fourth-order valence-electron chi connectivity index (χ4n) is 3.83. The number of aliphatic hydroxyl groups is 1. The molecule has 2 saturated heterocycles. The zero-order chi connectivity index (χ0) is 20.5. The first-order chi connectivity index (χ1) is 14.0. The lowest BCUT2D eigenvalue weighted by molar-refractivity contribution is -0.140. The largest absolute Gasteiger partial charge is 0.507 e. The van der Waals surface area contributed by atoms with Crippen LogP contribution in [0.15, 0.2) is 58.6 Å². The fraction of sp³-hybridized carbons (Fsp3) is 0.273. The number of nitrogens with zero attached hydrogens (tertiary/aromatic N) is 1. The van der Waals surface area contributed by atoms with Crippen LogP contribution in [0.25, 0.3) is 5.76 Å². The van der Waals surface area contributed by atoms with Crippen molar-refractivity contribution in [3.63, 3.8) is 0 Å². The minimum Gasteiger partial charge on any atom is -0.507 e. The molecule has 4 rings (SSSR count). The summed E-state index contributed by atoms with van der Waals surface area (Å²) in [5.41, 5.74) is 0.986. The molecule has 150 valence electrons. The van der Waals surface area contributed by atoms with Gasteiger partial charge < -0.3 is 14.7 Å².